The van der Waals surface area contributed by atoms with E-state index in [0.29, 0.717) is 24.4 Å². The molecule has 1 aromatic carbocycles. The highest BCUT2D eigenvalue weighted by Gasteiger charge is 2.17. The first-order chi connectivity index (χ1) is 10.6. The molecule has 0 fully saturated rings. The van der Waals surface area contributed by atoms with Crippen molar-refractivity contribution in [2.75, 3.05) is 6.79 Å². The van der Waals surface area contributed by atoms with Gasteiger partial charge in [-0.3, -0.25) is 4.68 Å². The number of aryl methyl sites for hydroxylation is 1. The van der Waals surface area contributed by atoms with Crippen LogP contribution in [0.15, 0.2) is 18.2 Å². The van der Waals surface area contributed by atoms with Gasteiger partial charge in [0.05, 0.1) is 5.69 Å². The predicted octanol–water partition coefficient (Wildman–Crippen LogP) is 3.64. The van der Waals surface area contributed by atoms with E-state index in [9.17, 15) is 0 Å². The number of hydrogen-bond acceptors (Lipinski definition) is 4. The average Bonchev–Trinajstić information content (AvgIpc) is 3.06. The molecule has 126 valence electrons. The highest BCUT2D eigenvalue weighted by Crippen LogP contribution is 2.32. The molecule has 3 rings (SSSR count). The van der Waals surface area contributed by atoms with Gasteiger partial charge in [-0.1, -0.05) is 31.5 Å². The summed E-state index contributed by atoms with van der Waals surface area (Å²) in [6.07, 6.45) is 0. The predicted molar refractivity (Wildman–Crippen MR) is 92.7 cm³/mol. The van der Waals surface area contributed by atoms with Crippen molar-refractivity contribution in [3.8, 4) is 11.5 Å². The zero-order valence-electron chi connectivity index (χ0n) is 13.4. The lowest BCUT2D eigenvalue weighted by Gasteiger charge is -2.08. The van der Waals surface area contributed by atoms with Crippen molar-refractivity contribution >= 4 is 24.0 Å². The molecule has 1 aromatic heterocycles. The summed E-state index contributed by atoms with van der Waals surface area (Å²) >= 11 is 6.34. The normalized spacial score (nSPS) is 12.6. The zero-order valence-corrected chi connectivity index (χ0v) is 15.0. The Bertz CT molecular complexity index is 686. The van der Waals surface area contributed by atoms with Crippen LogP contribution in [0.1, 0.15) is 36.6 Å². The monoisotopic (exact) mass is 357 g/mol. The third kappa shape index (κ3) is 3.74. The van der Waals surface area contributed by atoms with E-state index in [-0.39, 0.29) is 12.4 Å². The average molecular weight is 358 g/mol. The van der Waals surface area contributed by atoms with Crippen LogP contribution >= 0.6 is 24.0 Å². The van der Waals surface area contributed by atoms with Crippen molar-refractivity contribution < 1.29 is 9.47 Å². The Morgan fingerprint density at radius 2 is 2.00 bits per heavy atom. The van der Waals surface area contributed by atoms with Crippen molar-refractivity contribution in [3.05, 3.63) is 40.2 Å². The summed E-state index contributed by atoms with van der Waals surface area (Å²) in [4.78, 5) is 0. The maximum Gasteiger partial charge on any atom is 0.231 e. The zero-order chi connectivity index (χ0) is 15.7. The highest BCUT2D eigenvalue weighted by molar-refractivity contribution is 6.30. The van der Waals surface area contributed by atoms with Crippen LogP contribution in [-0.2, 0) is 20.1 Å². The van der Waals surface area contributed by atoms with Crippen molar-refractivity contribution in [3.63, 3.8) is 0 Å². The first-order valence-electron chi connectivity index (χ1n) is 7.36. The second kappa shape index (κ2) is 7.43. The van der Waals surface area contributed by atoms with Crippen LogP contribution in [0.2, 0.25) is 5.15 Å². The number of nitrogens with one attached hydrogen (secondary N) is 1. The van der Waals surface area contributed by atoms with E-state index in [2.05, 4.69) is 24.3 Å². The van der Waals surface area contributed by atoms with Crippen LogP contribution in [0.25, 0.3) is 0 Å². The van der Waals surface area contributed by atoms with Crippen molar-refractivity contribution in [1.82, 2.24) is 15.1 Å². The van der Waals surface area contributed by atoms with Gasteiger partial charge < -0.3 is 14.8 Å². The van der Waals surface area contributed by atoms with Gasteiger partial charge in [-0.15, -0.1) is 12.4 Å². The van der Waals surface area contributed by atoms with Crippen LogP contribution in [0.3, 0.4) is 0 Å². The van der Waals surface area contributed by atoms with Crippen molar-refractivity contribution in [2.45, 2.75) is 32.9 Å². The third-order valence-corrected chi connectivity index (χ3v) is 4.19. The SMILES string of the molecule is CC(C)c1nn(C)c(Cl)c1CNCc1ccc2c(c1)OCO2.Cl. The molecule has 1 aliphatic heterocycles. The van der Waals surface area contributed by atoms with Crippen LogP contribution in [0.5, 0.6) is 11.5 Å². The molecule has 0 radical (unpaired) electrons. The Labute approximate surface area is 147 Å². The fraction of sp³-hybridized carbons (Fsp3) is 0.438. The lowest BCUT2D eigenvalue weighted by molar-refractivity contribution is 0.174. The van der Waals surface area contributed by atoms with E-state index in [1.807, 2.05) is 25.2 Å². The number of ether oxygens (including phenoxy) is 2. The quantitative estimate of drug-likeness (QED) is 0.887. The Hall–Kier alpha value is -1.43. The van der Waals surface area contributed by atoms with Gasteiger partial charge >= 0.3 is 0 Å². The summed E-state index contributed by atoms with van der Waals surface area (Å²) < 4.78 is 12.4. The lowest BCUT2D eigenvalue weighted by atomic mass is 10.1. The molecule has 0 saturated heterocycles. The number of benzene rings is 1. The van der Waals surface area contributed by atoms with Gasteiger partial charge in [0.1, 0.15) is 5.15 Å². The second-order valence-electron chi connectivity index (χ2n) is 5.72. The summed E-state index contributed by atoms with van der Waals surface area (Å²) in [6, 6.07) is 5.98. The molecule has 0 bridgehead atoms. The topological polar surface area (TPSA) is 48.3 Å². The van der Waals surface area contributed by atoms with Gasteiger partial charge in [0.2, 0.25) is 6.79 Å². The summed E-state index contributed by atoms with van der Waals surface area (Å²) in [7, 11) is 1.87. The molecular weight excluding hydrogens is 337 g/mol. The summed E-state index contributed by atoms with van der Waals surface area (Å²) in [5, 5.41) is 8.61. The minimum atomic E-state index is 0. The van der Waals surface area contributed by atoms with E-state index >= 15 is 0 Å². The molecule has 1 aliphatic rings. The number of halogens is 2. The van der Waals surface area contributed by atoms with Gasteiger partial charge in [-0.25, -0.2) is 0 Å². The van der Waals surface area contributed by atoms with Gasteiger partial charge in [-0.05, 0) is 23.6 Å². The molecule has 7 heteroatoms. The maximum absolute atomic E-state index is 6.34. The minimum Gasteiger partial charge on any atom is -0.454 e. The van der Waals surface area contributed by atoms with Gasteiger partial charge in [0.25, 0.3) is 0 Å². The fourth-order valence-electron chi connectivity index (χ4n) is 2.58. The van der Waals surface area contributed by atoms with E-state index in [0.717, 1.165) is 34.9 Å². The van der Waals surface area contributed by atoms with Crippen molar-refractivity contribution in [1.29, 1.82) is 0 Å². The van der Waals surface area contributed by atoms with Gasteiger partial charge in [-0.2, -0.15) is 5.10 Å². The number of nitrogens with zero attached hydrogens (tertiary/aromatic N) is 2. The molecule has 0 unspecified atom stereocenters. The Morgan fingerprint density at radius 3 is 2.74 bits per heavy atom. The van der Waals surface area contributed by atoms with Gasteiger partial charge in [0.15, 0.2) is 11.5 Å². The van der Waals surface area contributed by atoms with Crippen LogP contribution < -0.4 is 14.8 Å². The summed E-state index contributed by atoms with van der Waals surface area (Å²) in [6.45, 7) is 5.98. The second-order valence-corrected chi connectivity index (χ2v) is 6.08. The van der Waals surface area contributed by atoms with Gasteiger partial charge in [0, 0.05) is 25.7 Å². The number of rotatable bonds is 5. The van der Waals surface area contributed by atoms with E-state index in [4.69, 9.17) is 21.1 Å². The molecule has 0 spiro atoms. The highest BCUT2D eigenvalue weighted by atomic mass is 35.5. The maximum atomic E-state index is 6.34. The lowest BCUT2D eigenvalue weighted by Crippen LogP contribution is -2.14. The molecule has 2 aromatic rings. The van der Waals surface area contributed by atoms with Crippen LogP contribution in [0, 0.1) is 0 Å². The molecule has 2 heterocycles. The number of fused-ring (bicyclic) bond motifs is 1. The minimum absolute atomic E-state index is 0. The van der Waals surface area contributed by atoms with Crippen molar-refractivity contribution in [2.24, 2.45) is 7.05 Å². The molecule has 1 N–H and O–H groups in total. The largest absolute Gasteiger partial charge is 0.454 e. The molecular formula is C16H21Cl2N3O2. The van der Waals surface area contributed by atoms with E-state index in [1.54, 1.807) is 4.68 Å². The third-order valence-electron chi connectivity index (χ3n) is 3.71. The first kappa shape index (κ1) is 17.9. The van der Waals surface area contributed by atoms with E-state index < -0.39 is 0 Å². The smallest absolute Gasteiger partial charge is 0.231 e. The Morgan fingerprint density at radius 1 is 1.26 bits per heavy atom. The molecule has 0 atom stereocenters. The molecule has 0 aliphatic carbocycles. The Kier molecular flexibility index (Phi) is 5.79. The molecule has 23 heavy (non-hydrogen) atoms. The molecule has 0 saturated carbocycles. The van der Waals surface area contributed by atoms with Crippen LogP contribution in [0.4, 0.5) is 0 Å². The van der Waals surface area contributed by atoms with Crippen LogP contribution in [-0.4, -0.2) is 16.6 Å². The Balaban J connectivity index is 0.00000192. The number of hydrogen-bond donors (Lipinski definition) is 1. The molecule has 0 amide bonds. The number of aromatic nitrogens is 2. The molecule has 5 nitrogen and oxygen atoms in total. The summed E-state index contributed by atoms with van der Waals surface area (Å²) in [5.41, 5.74) is 3.26. The van der Waals surface area contributed by atoms with E-state index in [1.165, 1.54) is 0 Å². The standard InChI is InChI=1S/C16H20ClN3O2.ClH/c1-10(2)15-12(16(17)20(3)19-15)8-18-7-11-4-5-13-14(6-11)22-9-21-13;/h4-6,10,18H,7-9H2,1-3H3;1H. The fourth-order valence-corrected chi connectivity index (χ4v) is 2.78. The first-order valence-corrected chi connectivity index (χ1v) is 7.74. The summed E-state index contributed by atoms with van der Waals surface area (Å²) in [5.74, 6) is 1.96.